The van der Waals surface area contributed by atoms with Gasteiger partial charge in [0.2, 0.25) is 11.8 Å². The standard InChI is InChI=1S/C10H17ClN2O2/c1-7(6-11)9(14)13-8-4-2-3-5-12-10(8)15/h7-8H,2-6H2,1H3,(H,12,15)(H,13,14). The van der Waals surface area contributed by atoms with Crippen molar-refractivity contribution < 1.29 is 9.59 Å². The van der Waals surface area contributed by atoms with E-state index in [9.17, 15) is 9.59 Å². The SMILES string of the molecule is CC(CCl)C(=O)NC1CCCCNC1=O. The van der Waals surface area contributed by atoms with Gasteiger partial charge in [0.1, 0.15) is 6.04 Å². The van der Waals surface area contributed by atoms with Crippen LogP contribution in [0.25, 0.3) is 0 Å². The Kier molecular flexibility index (Phi) is 4.88. The number of alkyl halides is 1. The molecule has 15 heavy (non-hydrogen) atoms. The van der Waals surface area contributed by atoms with Gasteiger partial charge in [0.25, 0.3) is 0 Å². The van der Waals surface area contributed by atoms with E-state index in [0.717, 1.165) is 12.8 Å². The topological polar surface area (TPSA) is 58.2 Å². The summed E-state index contributed by atoms with van der Waals surface area (Å²) in [5.74, 6) is -0.197. The van der Waals surface area contributed by atoms with Crippen molar-refractivity contribution >= 4 is 23.4 Å². The highest BCUT2D eigenvalue weighted by molar-refractivity contribution is 6.19. The summed E-state index contributed by atoms with van der Waals surface area (Å²) in [7, 11) is 0. The van der Waals surface area contributed by atoms with E-state index in [0.29, 0.717) is 13.0 Å². The molecule has 1 aliphatic heterocycles. The van der Waals surface area contributed by atoms with E-state index in [1.54, 1.807) is 6.92 Å². The molecule has 0 bridgehead atoms. The Morgan fingerprint density at radius 1 is 1.67 bits per heavy atom. The number of nitrogens with one attached hydrogen (secondary N) is 2. The Labute approximate surface area is 94.7 Å². The molecular formula is C10H17ClN2O2. The molecule has 4 nitrogen and oxygen atoms in total. The average Bonchev–Trinajstić information content (AvgIpc) is 2.43. The Morgan fingerprint density at radius 2 is 2.40 bits per heavy atom. The van der Waals surface area contributed by atoms with Crippen molar-refractivity contribution in [2.45, 2.75) is 32.2 Å². The molecule has 1 rings (SSSR count). The predicted molar refractivity (Wildman–Crippen MR) is 58.7 cm³/mol. The molecule has 1 heterocycles. The lowest BCUT2D eigenvalue weighted by Gasteiger charge is -2.17. The third-order valence-corrected chi connectivity index (χ3v) is 2.99. The van der Waals surface area contributed by atoms with E-state index in [1.165, 1.54) is 0 Å². The average molecular weight is 233 g/mol. The normalized spacial score (nSPS) is 23.9. The smallest absolute Gasteiger partial charge is 0.242 e. The van der Waals surface area contributed by atoms with Gasteiger partial charge in [-0.2, -0.15) is 0 Å². The molecule has 0 aliphatic carbocycles. The fraction of sp³-hybridized carbons (Fsp3) is 0.800. The molecule has 1 fully saturated rings. The van der Waals surface area contributed by atoms with E-state index < -0.39 is 0 Å². The van der Waals surface area contributed by atoms with E-state index in [1.807, 2.05) is 0 Å². The summed E-state index contributed by atoms with van der Waals surface area (Å²) >= 11 is 5.57. The zero-order chi connectivity index (χ0) is 11.3. The summed E-state index contributed by atoms with van der Waals surface area (Å²) in [5.41, 5.74) is 0. The number of hydrogen-bond donors (Lipinski definition) is 2. The molecule has 2 N–H and O–H groups in total. The molecule has 0 spiro atoms. The quantitative estimate of drug-likeness (QED) is 0.702. The molecule has 0 radical (unpaired) electrons. The van der Waals surface area contributed by atoms with Crippen LogP contribution in [0, 0.1) is 5.92 Å². The predicted octanol–water partition coefficient (Wildman–Crippen LogP) is 0.646. The highest BCUT2D eigenvalue weighted by Gasteiger charge is 2.23. The fourth-order valence-electron chi connectivity index (χ4n) is 1.46. The molecule has 0 aromatic heterocycles. The molecule has 1 saturated heterocycles. The zero-order valence-corrected chi connectivity index (χ0v) is 9.64. The summed E-state index contributed by atoms with van der Waals surface area (Å²) in [6.07, 6.45) is 2.65. The highest BCUT2D eigenvalue weighted by atomic mass is 35.5. The van der Waals surface area contributed by atoms with Gasteiger partial charge in [-0.3, -0.25) is 9.59 Å². The minimum absolute atomic E-state index is 0.0809. The first-order chi connectivity index (χ1) is 7.15. The van der Waals surface area contributed by atoms with Gasteiger partial charge < -0.3 is 10.6 Å². The van der Waals surface area contributed by atoms with Gasteiger partial charge in [-0.1, -0.05) is 6.92 Å². The fourth-order valence-corrected chi connectivity index (χ4v) is 1.60. The van der Waals surface area contributed by atoms with Crippen LogP contribution in [0.15, 0.2) is 0 Å². The first kappa shape index (κ1) is 12.3. The number of carbonyl (C=O) groups is 2. The summed E-state index contributed by atoms with van der Waals surface area (Å²) < 4.78 is 0. The maximum atomic E-state index is 11.5. The zero-order valence-electron chi connectivity index (χ0n) is 8.88. The maximum absolute atomic E-state index is 11.5. The van der Waals surface area contributed by atoms with Crippen LogP contribution in [0.2, 0.25) is 0 Å². The largest absolute Gasteiger partial charge is 0.354 e. The molecule has 0 aromatic rings. The first-order valence-corrected chi connectivity index (χ1v) is 5.82. The lowest BCUT2D eigenvalue weighted by molar-refractivity contribution is -0.130. The molecule has 2 unspecified atom stereocenters. The second-order valence-electron chi connectivity index (χ2n) is 3.90. The van der Waals surface area contributed by atoms with E-state index in [4.69, 9.17) is 11.6 Å². The van der Waals surface area contributed by atoms with Crippen molar-refractivity contribution in [1.82, 2.24) is 10.6 Å². The van der Waals surface area contributed by atoms with Crippen molar-refractivity contribution in [2.75, 3.05) is 12.4 Å². The van der Waals surface area contributed by atoms with Gasteiger partial charge >= 0.3 is 0 Å². The molecule has 0 aromatic carbocycles. The summed E-state index contributed by atoms with van der Waals surface area (Å²) in [4.78, 5) is 23.0. The van der Waals surface area contributed by atoms with E-state index in [2.05, 4.69) is 10.6 Å². The van der Waals surface area contributed by atoms with Crippen molar-refractivity contribution in [3.8, 4) is 0 Å². The van der Waals surface area contributed by atoms with Crippen molar-refractivity contribution in [3.63, 3.8) is 0 Å². The molecule has 0 saturated carbocycles. The monoisotopic (exact) mass is 232 g/mol. The number of hydrogen-bond acceptors (Lipinski definition) is 2. The van der Waals surface area contributed by atoms with Crippen LogP contribution in [0.1, 0.15) is 26.2 Å². The molecule has 5 heteroatoms. The highest BCUT2D eigenvalue weighted by Crippen LogP contribution is 2.07. The van der Waals surface area contributed by atoms with Crippen molar-refractivity contribution in [1.29, 1.82) is 0 Å². The lowest BCUT2D eigenvalue weighted by Crippen LogP contribution is -2.47. The van der Waals surface area contributed by atoms with Gasteiger partial charge in [-0.05, 0) is 19.3 Å². The third kappa shape index (κ3) is 3.70. The molecular weight excluding hydrogens is 216 g/mol. The Morgan fingerprint density at radius 3 is 3.07 bits per heavy atom. The van der Waals surface area contributed by atoms with Gasteiger partial charge in [0.05, 0.1) is 0 Å². The van der Waals surface area contributed by atoms with Crippen molar-refractivity contribution in [3.05, 3.63) is 0 Å². The van der Waals surface area contributed by atoms with Crippen LogP contribution < -0.4 is 10.6 Å². The second-order valence-corrected chi connectivity index (χ2v) is 4.21. The second kappa shape index (κ2) is 5.95. The van der Waals surface area contributed by atoms with Gasteiger partial charge in [-0.25, -0.2) is 0 Å². The molecule has 2 amide bonds. The van der Waals surface area contributed by atoms with Gasteiger partial charge in [0.15, 0.2) is 0 Å². The molecule has 1 aliphatic rings. The van der Waals surface area contributed by atoms with Gasteiger partial charge in [0, 0.05) is 18.3 Å². The minimum Gasteiger partial charge on any atom is -0.354 e. The Balaban J connectivity index is 2.47. The van der Waals surface area contributed by atoms with Crippen LogP contribution in [-0.2, 0) is 9.59 Å². The molecule has 2 atom stereocenters. The van der Waals surface area contributed by atoms with Crippen LogP contribution in [0.3, 0.4) is 0 Å². The lowest BCUT2D eigenvalue weighted by atomic mass is 10.1. The van der Waals surface area contributed by atoms with Gasteiger partial charge in [-0.15, -0.1) is 11.6 Å². The Bertz CT molecular complexity index is 246. The number of amides is 2. The maximum Gasteiger partial charge on any atom is 0.242 e. The molecule has 86 valence electrons. The Hall–Kier alpha value is -0.770. The van der Waals surface area contributed by atoms with E-state index in [-0.39, 0.29) is 29.7 Å². The van der Waals surface area contributed by atoms with Crippen LogP contribution in [0.5, 0.6) is 0 Å². The summed E-state index contributed by atoms with van der Waals surface area (Å²) in [6.45, 7) is 2.45. The van der Waals surface area contributed by atoms with Crippen LogP contribution >= 0.6 is 11.6 Å². The number of rotatable bonds is 3. The van der Waals surface area contributed by atoms with Crippen LogP contribution in [-0.4, -0.2) is 30.3 Å². The minimum atomic E-state index is -0.384. The van der Waals surface area contributed by atoms with Crippen LogP contribution in [0.4, 0.5) is 0 Å². The number of halogens is 1. The number of carbonyl (C=O) groups excluding carboxylic acids is 2. The summed E-state index contributed by atoms with van der Waals surface area (Å²) in [5, 5.41) is 5.49. The van der Waals surface area contributed by atoms with E-state index >= 15 is 0 Å². The first-order valence-electron chi connectivity index (χ1n) is 5.29. The summed E-state index contributed by atoms with van der Waals surface area (Å²) in [6, 6.07) is -0.384. The van der Waals surface area contributed by atoms with Crippen molar-refractivity contribution in [2.24, 2.45) is 5.92 Å². The third-order valence-electron chi connectivity index (χ3n) is 2.53.